The van der Waals surface area contributed by atoms with Crippen molar-refractivity contribution >= 4 is 0 Å². The molecule has 1 rings (SSSR count). The SMILES string of the molecule is C=CCCC(O)CN(C(C)C)C1CCC1. The summed E-state index contributed by atoms with van der Waals surface area (Å²) >= 11 is 0. The molecule has 1 aliphatic carbocycles. The standard InChI is InChI=1S/C13H25NO/c1-4-5-9-13(15)10-14(11(2)3)12-7-6-8-12/h4,11-13,15H,1,5-10H2,2-3H3. The molecule has 1 atom stereocenters. The third kappa shape index (κ3) is 3.96. The summed E-state index contributed by atoms with van der Waals surface area (Å²) < 4.78 is 0. The molecule has 0 amide bonds. The number of nitrogens with zero attached hydrogens (tertiary/aromatic N) is 1. The number of hydrogen-bond acceptors (Lipinski definition) is 2. The van der Waals surface area contributed by atoms with Crippen LogP contribution in [0.15, 0.2) is 12.7 Å². The maximum atomic E-state index is 9.88. The smallest absolute Gasteiger partial charge is 0.0670 e. The van der Waals surface area contributed by atoms with E-state index < -0.39 is 0 Å². The molecule has 0 saturated heterocycles. The lowest BCUT2D eigenvalue weighted by Crippen LogP contribution is -2.47. The first-order valence-corrected chi connectivity index (χ1v) is 6.20. The fraction of sp³-hybridized carbons (Fsp3) is 0.846. The molecule has 0 aliphatic heterocycles. The number of rotatable bonds is 7. The van der Waals surface area contributed by atoms with Crippen molar-refractivity contribution in [1.82, 2.24) is 4.90 Å². The third-order valence-corrected chi connectivity index (χ3v) is 3.33. The number of allylic oxidation sites excluding steroid dienone is 1. The summed E-state index contributed by atoms with van der Waals surface area (Å²) in [6, 6.07) is 1.28. The summed E-state index contributed by atoms with van der Waals surface area (Å²) in [6.07, 6.45) is 7.43. The molecule has 1 N–H and O–H groups in total. The van der Waals surface area contributed by atoms with Crippen LogP contribution in [-0.2, 0) is 0 Å². The topological polar surface area (TPSA) is 23.5 Å². The number of hydrogen-bond donors (Lipinski definition) is 1. The van der Waals surface area contributed by atoms with Gasteiger partial charge in [0.05, 0.1) is 6.10 Å². The molecule has 0 bridgehead atoms. The average molecular weight is 211 g/mol. The molecule has 1 unspecified atom stereocenters. The van der Waals surface area contributed by atoms with Crippen LogP contribution in [0.1, 0.15) is 46.0 Å². The van der Waals surface area contributed by atoms with Crippen LogP contribution in [0.2, 0.25) is 0 Å². The highest BCUT2D eigenvalue weighted by Gasteiger charge is 2.27. The summed E-state index contributed by atoms with van der Waals surface area (Å²) in [5.41, 5.74) is 0. The fourth-order valence-corrected chi connectivity index (χ4v) is 2.14. The third-order valence-electron chi connectivity index (χ3n) is 3.33. The Hall–Kier alpha value is -0.340. The van der Waals surface area contributed by atoms with Gasteiger partial charge in [-0.2, -0.15) is 0 Å². The van der Waals surface area contributed by atoms with Crippen molar-refractivity contribution in [3.8, 4) is 0 Å². The van der Waals surface area contributed by atoms with Gasteiger partial charge in [-0.3, -0.25) is 4.90 Å². The van der Waals surface area contributed by atoms with Crippen molar-refractivity contribution in [2.75, 3.05) is 6.54 Å². The van der Waals surface area contributed by atoms with E-state index in [1.54, 1.807) is 0 Å². The van der Waals surface area contributed by atoms with Crippen LogP contribution in [0.4, 0.5) is 0 Å². The van der Waals surface area contributed by atoms with E-state index in [2.05, 4.69) is 25.3 Å². The van der Waals surface area contributed by atoms with Gasteiger partial charge in [0, 0.05) is 18.6 Å². The van der Waals surface area contributed by atoms with Crippen LogP contribution in [-0.4, -0.2) is 34.7 Å². The van der Waals surface area contributed by atoms with Crippen molar-refractivity contribution < 1.29 is 5.11 Å². The Morgan fingerprint density at radius 1 is 1.47 bits per heavy atom. The Morgan fingerprint density at radius 3 is 2.53 bits per heavy atom. The van der Waals surface area contributed by atoms with Crippen molar-refractivity contribution in [2.24, 2.45) is 0 Å². The molecule has 88 valence electrons. The Bertz CT molecular complexity index is 187. The highest BCUT2D eigenvalue weighted by atomic mass is 16.3. The highest BCUT2D eigenvalue weighted by Crippen LogP contribution is 2.26. The van der Waals surface area contributed by atoms with Crippen LogP contribution in [0, 0.1) is 0 Å². The molecule has 0 radical (unpaired) electrons. The molecule has 2 nitrogen and oxygen atoms in total. The second-order valence-corrected chi connectivity index (χ2v) is 4.90. The lowest BCUT2D eigenvalue weighted by molar-refractivity contribution is 0.0344. The van der Waals surface area contributed by atoms with Gasteiger partial charge in [-0.05, 0) is 39.5 Å². The maximum absolute atomic E-state index is 9.88. The monoisotopic (exact) mass is 211 g/mol. The zero-order chi connectivity index (χ0) is 11.3. The van der Waals surface area contributed by atoms with Gasteiger partial charge in [-0.25, -0.2) is 0 Å². The van der Waals surface area contributed by atoms with E-state index in [-0.39, 0.29) is 6.10 Å². The van der Waals surface area contributed by atoms with Crippen molar-refractivity contribution in [2.45, 2.75) is 64.1 Å². The van der Waals surface area contributed by atoms with Crippen LogP contribution in [0.3, 0.4) is 0 Å². The Labute approximate surface area is 94.0 Å². The van der Waals surface area contributed by atoms with Gasteiger partial charge in [0.15, 0.2) is 0 Å². The van der Waals surface area contributed by atoms with Crippen molar-refractivity contribution in [1.29, 1.82) is 0 Å². The molecule has 1 saturated carbocycles. The van der Waals surface area contributed by atoms with E-state index in [1.807, 2.05) is 6.08 Å². The predicted octanol–water partition coefficient (Wildman–Crippen LogP) is 2.58. The lowest BCUT2D eigenvalue weighted by Gasteiger charge is -2.41. The number of aliphatic hydroxyl groups excluding tert-OH is 1. The lowest BCUT2D eigenvalue weighted by atomic mass is 9.90. The van der Waals surface area contributed by atoms with E-state index in [1.165, 1.54) is 19.3 Å². The second kappa shape index (κ2) is 6.29. The fourth-order valence-electron chi connectivity index (χ4n) is 2.14. The van der Waals surface area contributed by atoms with Crippen molar-refractivity contribution in [3.05, 3.63) is 12.7 Å². The maximum Gasteiger partial charge on any atom is 0.0670 e. The molecule has 0 aromatic heterocycles. The van der Waals surface area contributed by atoms with E-state index in [0.717, 1.165) is 25.4 Å². The molecule has 1 fully saturated rings. The van der Waals surface area contributed by atoms with Crippen molar-refractivity contribution in [3.63, 3.8) is 0 Å². The van der Waals surface area contributed by atoms with Crippen LogP contribution in [0.5, 0.6) is 0 Å². The summed E-state index contributed by atoms with van der Waals surface area (Å²) in [4.78, 5) is 2.46. The highest BCUT2D eigenvalue weighted by molar-refractivity contribution is 4.84. The molecule has 0 aromatic carbocycles. The van der Waals surface area contributed by atoms with Gasteiger partial charge in [-0.15, -0.1) is 6.58 Å². The minimum Gasteiger partial charge on any atom is -0.392 e. The number of aliphatic hydroxyl groups is 1. The molecule has 0 heterocycles. The quantitative estimate of drug-likeness (QED) is 0.654. The predicted molar refractivity (Wildman–Crippen MR) is 64.9 cm³/mol. The molecule has 1 aliphatic rings. The van der Waals surface area contributed by atoms with Gasteiger partial charge >= 0.3 is 0 Å². The van der Waals surface area contributed by atoms with Gasteiger partial charge in [0.2, 0.25) is 0 Å². The van der Waals surface area contributed by atoms with E-state index in [0.29, 0.717) is 6.04 Å². The van der Waals surface area contributed by atoms with Crippen LogP contribution < -0.4 is 0 Å². The zero-order valence-electron chi connectivity index (χ0n) is 10.2. The Balaban J connectivity index is 2.32. The first kappa shape index (κ1) is 12.7. The Morgan fingerprint density at radius 2 is 2.13 bits per heavy atom. The minimum absolute atomic E-state index is 0.189. The van der Waals surface area contributed by atoms with Gasteiger partial charge in [0.1, 0.15) is 0 Å². The summed E-state index contributed by atoms with van der Waals surface area (Å²) in [7, 11) is 0. The largest absolute Gasteiger partial charge is 0.392 e. The first-order chi connectivity index (χ1) is 7.15. The van der Waals surface area contributed by atoms with Gasteiger partial charge < -0.3 is 5.11 Å². The molecular weight excluding hydrogens is 186 g/mol. The summed E-state index contributed by atoms with van der Waals surface area (Å²) in [6.45, 7) is 8.96. The van der Waals surface area contributed by atoms with E-state index in [4.69, 9.17) is 0 Å². The van der Waals surface area contributed by atoms with Crippen LogP contribution in [0.25, 0.3) is 0 Å². The second-order valence-electron chi connectivity index (χ2n) is 4.90. The van der Waals surface area contributed by atoms with E-state index in [9.17, 15) is 5.11 Å². The van der Waals surface area contributed by atoms with E-state index >= 15 is 0 Å². The zero-order valence-corrected chi connectivity index (χ0v) is 10.2. The molecular formula is C13H25NO. The van der Waals surface area contributed by atoms with Gasteiger partial charge in [0.25, 0.3) is 0 Å². The first-order valence-electron chi connectivity index (χ1n) is 6.20. The van der Waals surface area contributed by atoms with Gasteiger partial charge in [-0.1, -0.05) is 12.5 Å². The molecule has 0 spiro atoms. The van der Waals surface area contributed by atoms with Crippen LogP contribution >= 0.6 is 0 Å². The minimum atomic E-state index is -0.189. The Kier molecular flexibility index (Phi) is 5.34. The molecule has 2 heteroatoms. The molecule has 15 heavy (non-hydrogen) atoms. The normalized spacial score (nSPS) is 19.3. The molecule has 0 aromatic rings. The average Bonchev–Trinajstić information content (AvgIpc) is 2.10. The summed E-state index contributed by atoms with van der Waals surface area (Å²) in [5.74, 6) is 0. The summed E-state index contributed by atoms with van der Waals surface area (Å²) in [5, 5.41) is 9.88.